The summed E-state index contributed by atoms with van der Waals surface area (Å²) in [6.07, 6.45) is 0. The Morgan fingerprint density at radius 1 is 1.00 bits per heavy atom. The number of nitrogens with one attached hydrogen (secondary N) is 1. The van der Waals surface area contributed by atoms with Gasteiger partial charge in [-0.05, 0) is 42.5 Å². The molecule has 0 saturated carbocycles. The summed E-state index contributed by atoms with van der Waals surface area (Å²) in [6.45, 7) is 0. The van der Waals surface area contributed by atoms with E-state index < -0.39 is 21.7 Å². The number of halogens is 3. The van der Waals surface area contributed by atoms with E-state index in [2.05, 4.69) is 20.7 Å². The van der Waals surface area contributed by atoms with Crippen LogP contribution in [0.2, 0.25) is 0 Å². The van der Waals surface area contributed by atoms with Crippen molar-refractivity contribution in [3.8, 4) is 0 Å². The molecule has 0 heterocycles. The van der Waals surface area contributed by atoms with Gasteiger partial charge in [-0.25, -0.2) is 17.2 Å². The summed E-state index contributed by atoms with van der Waals surface area (Å²) in [5.41, 5.74) is -0.182. The van der Waals surface area contributed by atoms with Crippen LogP contribution in [0.15, 0.2) is 51.8 Å². The lowest BCUT2D eigenvalue weighted by Crippen LogP contribution is -2.14. The van der Waals surface area contributed by atoms with Crippen LogP contribution in [0.25, 0.3) is 0 Å². The molecule has 0 aliphatic rings. The second-order valence-electron chi connectivity index (χ2n) is 3.68. The van der Waals surface area contributed by atoms with Gasteiger partial charge in [-0.3, -0.25) is 4.72 Å². The fourth-order valence-electron chi connectivity index (χ4n) is 1.39. The molecular weight excluding hydrogens is 340 g/mol. The lowest BCUT2D eigenvalue weighted by molar-refractivity contribution is 0.597. The Morgan fingerprint density at radius 3 is 2.26 bits per heavy atom. The molecule has 100 valence electrons. The molecule has 7 heteroatoms. The van der Waals surface area contributed by atoms with Gasteiger partial charge in [0.15, 0.2) is 0 Å². The Kier molecular flexibility index (Phi) is 3.86. The predicted molar refractivity (Wildman–Crippen MR) is 71.3 cm³/mol. The van der Waals surface area contributed by atoms with Crippen LogP contribution >= 0.6 is 15.9 Å². The van der Waals surface area contributed by atoms with Crippen molar-refractivity contribution in [3.05, 3.63) is 58.6 Å². The Morgan fingerprint density at radius 2 is 1.63 bits per heavy atom. The van der Waals surface area contributed by atoms with Gasteiger partial charge in [-0.2, -0.15) is 0 Å². The third-order valence-corrected chi connectivity index (χ3v) is 4.17. The van der Waals surface area contributed by atoms with Crippen LogP contribution in [0.5, 0.6) is 0 Å². The highest BCUT2D eigenvalue weighted by molar-refractivity contribution is 9.10. The molecule has 0 aliphatic heterocycles. The Labute approximate surface area is 117 Å². The SMILES string of the molecule is O=S(=O)(Nc1cc(Br)ccc1F)c1ccc(F)cc1. The Bertz CT molecular complexity index is 702. The van der Waals surface area contributed by atoms with Crippen molar-refractivity contribution >= 4 is 31.6 Å². The standard InChI is InChI=1S/C12H8BrF2NO2S/c13-8-1-6-11(15)12(7-8)16-19(17,18)10-4-2-9(14)3-5-10/h1-7,16H. The molecule has 0 atom stereocenters. The molecule has 2 aromatic carbocycles. The fourth-order valence-corrected chi connectivity index (χ4v) is 2.81. The maximum atomic E-state index is 13.5. The second-order valence-corrected chi connectivity index (χ2v) is 6.28. The highest BCUT2D eigenvalue weighted by Crippen LogP contribution is 2.23. The van der Waals surface area contributed by atoms with Gasteiger partial charge in [0.1, 0.15) is 11.6 Å². The average molecular weight is 348 g/mol. The van der Waals surface area contributed by atoms with Crippen LogP contribution < -0.4 is 4.72 Å². The summed E-state index contributed by atoms with van der Waals surface area (Å²) >= 11 is 3.12. The number of benzene rings is 2. The minimum absolute atomic E-state index is 0.145. The van der Waals surface area contributed by atoms with Crippen LogP contribution in [-0.2, 0) is 10.0 Å². The van der Waals surface area contributed by atoms with Gasteiger partial charge >= 0.3 is 0 Å². The molecule has 2 rings (SSSR count). The van der Waals surface area contributed by atoms with Crippen molar-refractivity contribution in [2.45, 2.75) is 4.90 Å². The third kappa shape index (κ3) is 3.30. The normalized spacial score (nSPS) is 11.3. The highest BCUT2D eigenvalue weighted by atomic mass is 79.9. The van der Waals surface area contributed by atoms with Gasteiger partial charge in [-0.15, -0.1) is 0 Å². The van der Waals surface area contributed by atoms with Crippen molar-refractivity contribution in [1.82, 2.24) is 0 Å². The van der Waals surface area contributed by atoms with Gasteiger partial charge < -0.3 is 0 Å². The lowest BCUT2D eigenvalue weighted by atomic mass is 10.3. The van der Waals surface area contributed by atoms with Crippen molar-refractivity contribution in [2.75, 3.05) is 4.72 Å². The van der Waals surface area contributed by atoms with E-state index in [0.717, 1.165) is 30.3 Å². The summed E-state index contributed by atoms with van der Waals surface area (Å²) in [4.78, 5) is -0.145. The number of anilines is 1. The Balaban J connectivity index is 2.36. The van der Waals surface area contributed by atoms with Crippen molar-refractivity contribution in [3.63, 3.8) is 0 Å². The van der Waals surface area contributed by atoms with E-state index in [1.165, 1.54) is 12.1 Å². The monoisotopic (exact) mass is 347 g/mol. The molecule has 0 bridgehead atoms. The van der Waals surface area contributed by atoms with Crippen molar-refractivity contribution < 1.29 is 17.2 Å². The number of rotatable bonds is 3. The quantitative estimate of drug-likeness (QED) is 0.923. The zero-order valence-electron chi connectivity index (χ0n) is 9.40. The highest BCUT2D eigenvalue weighted by Gasteiger charge is 2.16. The van der Waals surface area contributed by atoms with Gasteiger partial charge in [0.25, 0.3) is 10.0 Å². The van der Waals surface area contributed by atoms with Crippen LogP contribution in [0, 0.1) is 11.6 Å². The molecule has 0 unspecified atom stereocenters. The van der Waals surface area contributed by atoms with Gasteiger partial charge in [0.05, 0.1) is 10.6 Å². The van der Waals surface area contributed by atoms with E-state index in [1.807, 2.05) is 0 Å². The second kappa shape index (κ2) is 5.26. The van der Waals surface area contributed by atoms with E-state index >= 15 is 0 Å². The first-order valence-corrected chi connectivity index (χ1v) is 7.39. The van der Waals surface area contributed by atoms with E-state index in [4.69, 9.17) is 0 Å². The molecule has 19 heavy (non-hydrogen) atoms. The molecule has 0 saturated heterocycles. The van der Waals surface area contributed by atoms with E-state index in [-0.39, 0.29) is 10.6 Å². The summed E-state index contributed by atoms with van der Waals surface area (Å²) in [6, 6.07) is 8.13. The first-order chi connectivity index (χ1) is 8.88. The minimum Gasteiger partial charge on any atom is -0.277 e. The van der Waals surface area contributed by atoms with Gasteiger partial charge in [-0.1, -0.05) is 15.9 Å². The van der Waals surface area contributed by atoms with E-state index in [0.29, 0.717) is 4.47 Å². The summed E-state index contributed by atoms with van der Waals surface area (Å²) in [5, 5.41) is 0. The molecule has 0 fully saturated rings. The molecular formula is C12H8BrF2NO2S. The maximum absolute atomic E-state index is 13.5. The molecule has 0 aromatic heterocycles. The number of hydrogen-bond acceptors (Lipinski definition) is 2. The smallest absolute Gasteiger partial charge is 0.261 e. The lowest BCUT2D eigenvalue weighted by Gasteiger charge is -2.09. The Hall–Kier alpha value is -1.47. The molecule has 1 N–H and O–H groups in total. The largest absolute Gasteiger partial charge is 0.277 e. The first-order valence-electron chi connectivity index (χ1n) is 5.12. The topological polar surface area (TPSA) is 46.2 Å². The van der Waals surface area contributed by atoms with Crippen LogP contribution in [0.1, 0.15) is 0 Å². The molecule has 0 aliphatic carbocycles. The predicted octanol–water partition coefficient (Wildman–Crippen LogP) is 3.53. The summed E-state index contributed by atoms with van der Waals surface area (Å²) in [5.74, 6) is -1.25. The number of sulfonamides is 1. The van der Waals surface area contributed by atoms with Crippen molar-refractivity contribution in [1.29, 1.82) is 0 Å². The molecule has 2 aromatic rings. The summed E-state index contributed by atoms with van der Waals surface area (Å²) < 4.78 is 52.8. The minimum atomic E-state index is -3.95. The van der Waals surface area contributed by atoms with Gasteiger partial charge in [0, 0.05) is 4.47 Å². The summed E-state index contributed by atoms with van der Waals surface area (Å²) in [7, 11) is -3.95. The van der Waals surface area contributed by atoms with Crippen LogP contribution in [0.3, 0.4) is 0 Å². The van der Waals surface area contributed by atoms with Crippen LogP contribution in [0.4, 0.5) is 14.5 Å². The molecule has 0 spiro atoms. The van der Waals surface area contributed by atoms with E-state index in [1.54, 1.807) is 0 Å². The zero-order valence-corrected chi connectivity index (χ0v) is 11.8. The number of hydrogen-bond donors (Lipinski definition) is 1. The van der Waals surface area contributed by atoms with Crippen LogP contribution in [-0.4, -0.2) is 8.42 Å². The fraction of sp³-hybridized carbons (Fsp3) is 0. The van der Waals surface area contributed by atoms with E-state index in [9.17, 15) is 17.2 Å². The zero-order chi connectivity index (χ0) is 14.0. The molecule has 0 radical (unpaired) electrons. The first kappa shape index (κ1) is 14.0. The van der Waals surface area contributed by atoms with Gasteiger partial charge in [0.2, 0.25) is 0 Å². The molecule has 3 nitrogen and oxygen atoms in total. The maximum Gasteiger partial charge on any atom is 0.261 e. The average Bonchev–Trinajstić information content (AvgIpc) is 2.34. The molecule has 0 amide bonds. The van der Waals surface area contributed by atoms with Crippen molar-refractivity contribution in [2.24, 2.45) is 0 Å². The third-order valence-electron chi connectivity index (χ3n) is 2.30.